The number of benzene rings is 1. The third-order valence-electron chi connectivity index (χ3n) is 4.70. The molecule has 108 valence electrons. The highest BCUT2D eigenvalue weighted by Gasteiger charge is 2.32. The zero-order valence-corrected chi connectivity index (χ0v) is 13.0. The van der Waals surface area contributed by atoms with Gasteiger partial charge in [0.25, 0.3) is 0 Å². The molecule has 1 atom stereocenters. The molecule has 2 heterocycles. The molecule has 1 fully saturated rings. The van der Waals surface area contributed by atoms with Crippen molar-refractivity contribution >= 4 is 0 Å². The van der Waals surface area contributed by atoms with Gasteiger partial charge >= 0.3 is 0 Å². The molecular formula is C18H26N2. The lowest BCUT2D eigenvalue weighted by molar-refractivity contribution is 0.0722. The number of nitrogens with zero attached hydrogens (tertiary/aromatic N) is 2. The average Bonchev–Trinajstić information content (AvgIpc) is 2.89. The maximum absolute atomic E-state index is 2.52. The van der Waals surface area contributed by atoms with E-state index in [-0.39, 0.29) is 0 Å². The Morgan fingerprint density at radius 2 is 1.80 bits per heavy atom. The van der Waals surface area contributed by atoms with E-state index >= 15 is 0 Å². The van der Waals surface area contributed by atoms with Crippen molar-refractivity contribution in [2.24, 2.45) is 0 Å². The third-order valence-corrected chi connectivity index (χ3v) is 4.70. The molecule has 1 aromatic carbocycles. The first-order valence-corrected chi connectivity index (χ1v) is 8.03. The van der Waals surface area contributed by atoms with Gasteiger partial charge in [-0.05, 0) is 42.9 Å². The smallest absolute Gasteiger partial charge is 0.0422 e. The van der Waals surface area contributed by atoms with Crippen LogP contribution in [0.3, 0.4) is 0 Å². The van der Waals surface area contributed by atoms with Gasteiger partial charge in [-0.1, -0.05) is 37.6 Å². The van der Waals surface area contributed by atoms with E-state index < -0.39 is 0 Å². The molecule has 0 radical (unpaired) electrons. The molecule has 2 aliphatic heterocycles. The minimum absolute atomic E-state index is 0.670. The molecule has 2 heteroatoms. The van der Waals surface area contributed by atoms with E-state index in [1.54, 1.807) is 16.7 Å². The third kappa shape index (κ3) is 2.37. The largest absolute Gasteiger partial charge is 0.313 e. The first-order valence-electron chi connectivity index (χ1n) is 8.03. The van der Waals surface area contributed by atoms with Gasteiger partial charge in [-0.2, -0.15) is 0 Å². The standard InChI is InChI=1S/C18H26N2/c1-4-15-10-14(3)11-16(5-2)18(15)17-12-19-8-6-7-9-20(19)13-17/h6,8,10-11,17H,4-5,7,9,12-13H2,1-3H3. The molecule has 0 amide bonds. The van der Waals surface area contributed by atoms with Crippen molar-refractivity contribution in [1.29, 1.82) is 0 Å². The van der Waals surface area contributed by atoms with Crippen LogP contribution in [0.5, 0.6) is 0 Å². The molecule has 1 unspecified atom stereocenters. The second kappa shape index (κ2) is 5.61. The molecule has 1 saturated heterocycles. The van der Waals surface area contributed by atoms with Crippen LogP contribution in [-0.2, 0) is 12.8 Å². The van der Waals surface area contributed by atoms with Crippen LogP contribution in [0.4, 0.5) is 0 Å². The molecule has 0 N–H and O–H groups in total. The van der Waals surface area contributed by atoms with Gasteiger partial charge in [-0.25, -0.2) is 5.01 Å². The molecule has 0 aliphatic carbocycles. The molecule has 1 aromatic rings. The van der Waals surface area contributed by atoms with Gasteiger partial charge in [0.05, 0.1) is 0 Å². The Morgan fingerprint density at radius 1 is 1.10 bits per heavy atom. The van der Waals surface area contributed by atoms with Crippen LogP contribution < -0.4 is 0 Å². The van der Waals surface area contributed by atoms with Gasteiger partial charge in [-0.3, -0.25) is 0 Å². The Labute approximate surface area is 123 Å². The Morgan fingerprint density at radius 3 is 2.40 bits per heavy atom. The zero-order chi connectivity index (χ0) is 14.1. The van der Waals surface area contributed by atoms with Gasteiger partial charge in [0.15, 0.2) is 0 Å². The number of hydrogen-bond acceptors (Lipinski definition) is 2. The second-order valence-electron chi connectivity index (χ2n) is 6.11. The highest BCUT2D eigenvalue weighted by Crippen LogP contribution is 2.34. The van der Waals surface area contributed by atoms with E-state index in [4.69, 9.17) is 0 Å². The van der Waals surface area contributed by atoms with Crippen LogP contribution in [0, 0.1) is 6.92 Å². The van der Waals surface area contributed by atoms with Crippen LogP contribution in [0.15, 0.2) is 24.4 Å². The lowest BCUT2D eigenvalue weighted by atomic mass is 9.86. The Balaban J connectivity index is 1.96. The summed E-state index contributed by atoms with van der Waals surface area (Å²) in [6, 6.07) is 4.80. The van der Waals surface area contributed by atoms with E-state index in [1.165, 1.54) is 25.1 Å². The van der Waals surface area contributed by atoms with Crippen molar-refractivity contribution in [1.82, 2.24) is 10.0 Å². The molecule has 2 aliphatic rings. The lowest BCUT2D eigenvalue weighted by Gasteiger charge is -2.28. The summed E-state index contributed by atoms with van der Waals surface area (Å²) in [6.07, 6.45) is 8.06. The number of aryl methyl sites for hydroxylation is 3. The van der Waals surface area contributed by atoms with Gasteiger partial charge in [0, 0.05) is 31.8 Å². The summed E-state index contributed by atoms with van der Waals surface area (Å²) < 4.78 is 0. The summed E-state index contributed by atoms with van der Waals surface area (Å²) >= 11 is 0. The van der Waals surface area contributed by atoms with Crippen molar-refractivity contribution in [3.05, 3.63) is 46.7 Å². The number of hydrazine groups is 1. The Hall–Kier alpha value is -1.28. The van der Waals surface area contributed by atoms with Crippen molar-refractivity contribution in [3.63, 3.8) is 0 Å². The zero-order valence-electron chi connectivity index (χ0n) is 13.0. The van der Waals surface area contributed by atoms with Crippen LogP contribution in [0.25, 0.3) is 0 Å². The van der Waals surface area contributed by atoms with Crippen LogP contribution in [0.2, 0.25) is 0 Å². The molecule has 0 aromatic heterocycles. The molecular weight excluding hydrogens is 244 g/mol. The van der Waals surface area contributed by atoms with Crippen molar-refractivity contribution in [2.45, 2.75) is 46.0 Å². The first-order chi connectivity index (χ1) is 9.72. The first kappa shape index (κ1) is 13.7. The lowest BCUT2D eigenvalue weighted by Crippen LogP contribution is -2.35. The summed E-state index contributed by atoms with van der Waals surface area (Å²) in [6.45, 7) is 10.3. The van der Waals surface area contributed by atoms with Crippen molar-refractivity contribution < 1.29 is 0 Å². The maximum Gasteiger partial charge on any atom is 0.0422 e. The molecule has 20 heavy (non-hydrogen) atoms. The Kier molecular flexibility index (Phi) is 3.84. The molecule has 2 nitrogen and oxygen atoms in total. The highest BCUT2D eigenvalue weighted by molar-refractivity contribution is 5.42. The number of fused-ring (bicyclic) bond motifs is 1. The van der Waals surface area contributed by atoms with Crippen LogP contribution in [0.1, 0.15) is 48.4 Å². The minimum atomic E-state index is 0.670. The van der Waals surface area contributed by atoms with Crippen molar-refractivity contribution in [2.75, 3.05) is 19.6 Å². The van der Waals surface area contributed by atoms with E-state index in [0.717, 1.165) is 19.4 Å². The predicted molar refractivity (Wildman–Crippen MR) is 84.7 cm³/mol. The summed E-state index contributed by atoms with van der Waals surface area (Å²) in [7, 11) is 0. The number of rotatable bonds is 3. The fourth-order valence-corrected chi connectivity index (χ4v) is 3.80. The number of hydrogen-bond donors (Lipinski definition) is 0. The predicted octanol–water partition coefficient (Wildman–Crippen LogP) is 3.65. The molecule has 0 spiro atoms. The van der Waals surface area contributed by atoms with E-state index in [9.17, 15) is 0 Å². The summed E-state index contributed by atoms with van der Waals surface area (Å²) in [5, 5.41) is 4.94. The van der Waals surface area contributed by atoms with Crippen LogP contribution in [-0.4, -0.2) is 29.7 Å². The summed E-state index contributed by atoms with van der Waals surface area (Å²) in [5.41, 5.74) is 6.19. The Bertz CT molecular complexity index is 493. The second-order valence-corrected chi connectivity index (χ2v) is 6.11. The highest BCUT2D eigenvalue weighted by atomic mass is 15.6. The minimum Gasteiger partial charge on any atom is -0.313 e. The average molecular weight is 270 g/mol. The fourth-order valence-electron chi connectivity index (χ4n) is 3.80. The molecule has 0 saturated carbocycles. The van der Waals surface area contributed by atoms with Gasteiger partial charge in [-0.15, -0.1) is 0 Å². The fraction of sp³-hybridized carbons (Fsp3) is 0.556. The van der Waals surface area contributed by atoms with E-state index in [1.807, 2.05) is 0 Å². The van der Waals surface area contributed by atoms with Gasteiger partial charge in [0.2, 0.25) is 0 Å². The normalized spacial score (nSPS) is 22.4. The monoisotopic (exact) mass is 270 g/mol. The van der Waals surface area contributed by atoms with Crippen LogP contribution >= 0.6 is 0 Å². The van der Waals surface area contributed by atoms with E-state index in [2.05, 4.69) is 55.2 Å². The molecule has 3 rings (SSSR count). The topological polar surface area (TPSA) is 6.48 Å². The quantitative estimate of drug-likeness (QED) is 0.827. The molecule has 0 bridgehead atoms. The SMILES string of the molecule is CCc1cc(C)cc(CC)c1C1CN2C=CCCN2C1. The van der Waals surface area contributed by atoms with Crippen molar-refractivity contribution in [3.8, 4) is 0 Å². The van der Waals surface area contributed by atoms with Gasteiger partial charge < -0.3 is 5.01 Å². The summed E-state index contributed by atoms with van der Waals surface area (Å²) in [5.74, 6) is 0.670. The summed E-state index contributed by atoms with van der Waals surface area (Å²) in [4.78, 5) is 0. The maximum atomic E-state index is 2.52. The van der Waals surface area contributed by atoms with Gasteiger partial charge in [0.1, 0.15) is 0 Å². The van der Waals surface area contributed by atoms with E-state index in [0.29, 0.717) is 5.92 Å².